The monoisotopic (exact) mass is 569 g/mol. The quantitative estimate of drug-likeness (QED) is 0.296. The molecule has 0 bridgehead atoms. The molecule has 6 rings (SSSR count). The third kappa shape index (κ3) is 4.37. The first-order chi connectivity index (χ1) is 19.7. The van der Waals surface area contributed by atoms with Gasteiger partial charge < -0.3 is 14.5 Å². The number of anilines is 1. The van der Waals surface area contributed by atoms with Crippen LogP contribution in [-0.2, 0) is 11.4 Å². The van der Waals surface area contributed by atoms with Gasteiger partial charge in [-0.2, -0.15) is 4.98 Å². The van der Waals surface area contributed by atoms with Crippen molar-refractivity contribution >= 4 is 34.2 Å². The topological polar surface area (TPSA) is 80.6 Å². The molecule has 1 saturated heterocycles. The number of fused-ring (bicyclic) bond motifs is 5. The van der Waals surface area contributed by atoms with Crippen LogP contribution in [0.5, 0.6) is 5.75 Å². The molecule has 0 N–H and O–H groups in total. The molecule has 9 heteroatoms. The molecule has 1 amide bonds. The molecular weight excluding hydrogens is 538 g/mol. The number of nitrogens with zero attached hydrogens (tertiary/aromatic N) is 5. The summed E-state index contributed by atoms with van der Waals surface area (Å²) in [5, 5.41) is 1.23. The molecule has 0 unspecified atom stereocenters. The molecule has 1 fully saturated rings. The van der Waals surface area contributed by atoms with Gasteiger partial charge in [0.2, 0.25) is 5.91 Å². The molecule has 0 spiro atoms. The first kappa shape index (κ1) is 27.0. The molecule has 4 aromatic rings. The van der Waals surface area contributed by atoms with Gasteiger partial charge in [-0.1, -0.05) is 56.3 Å². The summed E-state index contributed by atoms with van der Waals surface area (Å²) in [7, 11) is 0. The molecule has 8 nitrogen and oxygen atoms in total. The van der Waals surface area contributed by atoms with E-state index in [4.69, 9.17) is 16.3 Å². The molecule has 2 aliphatic rings. The van der Waals surface area contributed by atoms with Crippen LogP contribution in [0.4, 0.5) is 5.82 Å². The minimum atomic E-state index is -0.422. The number of hydrogen-bond acceptors (Lipinski definition) is 6. The number of carbonyl (C=O) groups excluding carboxylic acids is 1. The number of aromatic nitrogens is 3. The van der Waals surface area contributed by atoms with E-state index in [1.54, 1.807) is 15.7 Å². The van der Waals surface area contributed by atoms with Gasteiger partial charge in [0, 0.05) is 42.8 Å². The van der Waals surface area contributed by atoms with E-state index in [0.29, 0.717) is 59.4 Å². The van der Waals surface area contributed by atoms with Crippen molar-refractivity contribution in [3.8, 4) is 22.6 Å². The molecule has 2 aromatic heterocycles. The summed E-state index contributed by atoms with van der Waals surface area (Å²) in [5.41, 5.74) is 5.38. The molecule has 0 radical (unpaired) electrons. The fraction of sp³-hybridized carbons (Fsp3) is 0.312. The van der Waals surface area contributed by atoms with Crippen LogP contribution in [-0.4, -0.2) is 51.0 Å². The minimum Gasteiger partial charge on any atom is -0.486 e. The summed E-state index contributed by atoms with van der Waals surface area (Å²) in [6.07, 6.45) is 3.11. The van der Waals surface area contributed by atoms with Crippen molar-refractivity contribution in [2.24, 2.45) is 0 Å². The van der Waals surface area contributed by atoms with Crippen molar-refractivity contribution in [1.29, 1.82) is 0 Å². The van der Waals surface area contributed by atoms with Crippen LogP contribution < -0.4 is 15.3 Å². The van der Waals surface area contributed by atoms with Crippen molar-refractivity contribution in [2.75, 3.05) is 24.5 Å². The van der Waals surface area contributed by atoms with E-state index in [9.17, 15) is 9.59 Å². The molecule has 210 valence electrons. The zero-order valence-electron chi connectivity index (χ0n) is 23.6. The van der Waals surface area contributed by atoms with Crippen LogP contribution >= 0.6 is 11.6 Å². The third-order valence-corrected chi connectivity index (χ3v) is 8.33. The Balaban J connectivity index is 1.68. The summed E-state index contributed by atoms with van der Waals surface area (Å²) in [4.78, 5) is 39.7. The molecule has 41 heavy (non-hydrogen) atoms. The predicted octanol–water partition coefficient (Wildman–Crippen LogP) is 5.65. The lowest BCUT2D eigenvalue weighted by atomic mass is 9.95. The Morgan fingerprint density at radius 1 is 1.22 bits per heavy atom. The average Bonchev–Trinajstić information content (AvgIpc) is 2.96. The maximum Gasteiger partial charge on any atom is 0.354 e. The van der Waals surface area contributed by atoms with Crippen LogP contribution in [0.25, 0.3) is 27.7 Å². The van der Waals surface area contributed by atoms with Gasteiger partial charge in [-0.15, -0.1) is 0 Å². The molecule has 0 aliphatic carbocycles. The van der Waals surface area contributed by atoms with Gasteiger partial charge in [0.1, 0.15) is 17.9 Å². The van der Waals surface area contributed by atoms with Crippen molar-refractivity contribution in [3.05, 3.63) is 87.6 Å². The molecule has 4 heterocycles. The SMILES string of the molecule is C=CC(=O)N1CCN(c2nc(=O)n(-c3c(C)ccnc3C(C)C)c3c4c(c(Cl)cc23)-c2ccccc2CO4)[C@@H](C)C1. The van der Waals surface area contributed by atoms with Gasteiger partial charge in [0.15, 0.2) is 5.75 Å². The summed E-state index contributed by atoms with van der Waals surface area (Å²) >= 11 is 7.04. The van der Waals surface area contributed by atoms with Gasteiger partial charge in [-0.05, 0) is 54.7 Å². The number of halogens is 1. The number of piperazine rings is 1. The second-order valence-corrected chi connectivity index (χ2v) is 11.4. The summed E-state index contributed by atoms with van der Waals surface area (Å²) in [5.74, 6) is 1.03. The largest absolute Gasteiger partial charge is 0.486 e. The third-order valence-electron chi connectivity index (χ3n) is 8.03. The van der Waals surface area contributed by atoms with Crippen LogP contribution in [0, 0.1) is 6.92 Å². The first-order valence-electron chi connectivity index (χ1n) is 13.9. The van der Waals surface area contributed by atoms with Gasteiger partial charge >= 0.3 is 5.69 Å². The van der Waals surface area contributed by atoms with Crippen molar-refractivity contribution in [1.82, 2.24) is 19.4 Å². The number of aryl methyl sites for hydroxylation is 1. The summed E-state index contributed by atoms with van der Waals surface area (Å²) < 4.78 is 8.11. The van der Waals surface area contributed by atoms with Crippen molar-refractivity contribution in [3.63, 3.8) is 0 Å². The Morgan fingerprint density at radius 2 is 2.00 bits per heavy atom. The van der Waals surface area contributed by atoms with E-state index >= 15 is 0 Å². The van der Waals surface area contributed by atoms with E-state index < -0.39 is 5.69 Å². The van der Waals surface area contributed by atoms with Crippen LogP contribution in [0.3, 0.4) is 0 Å². The maximum absolute atomic E-state index is 14.2. The smallest absolute Gasteiger partial charge is 0.354 e. The zero-order valence-corrected chi connectivity index (χ0v) is 24.4. The zero-order chi connectivity index (χ0) is 29.0. The Morgan fingerprint density at radius 3 is 2.73 bits per heavy atom. The lowest BCUT2D eigenvalue weighted by Gasteiger charge is -2.40. The number of carbonyl (C=O) groups is 1. The molecular formula is C32H32ClN5O3. The number of rotatable bonds is 4. The van der Waals surface area contributed by atoms with E-state index in [2.05, 4.69) is 35.3 Å². The highest BCUT2D eigenvalue weighted by Crippen LogP contribution is 2.48. The normalized spacial score (nSPS) is 16.4. The Hall–Kier alpha value is -4.17. The van der Waals surface area contributed by atoms with Gasteiger partial charge in [-0.3, -0.25) is 14.3 Å². The van der Waals surface area contributed by atoms with Crippen LogP contribution in [0.1, 0.15) is 43.5 Å². The second-order valence-electron chi connectivity index (χ2n) is 11.0. The van der Waals surface area contributed by atoms with Gasteiger partial charge in [-0.25, -0.2) is 4.79 Å². The fourth-order valence-corrected chi connectivity index (χ4v) is 6.35. The fourth-order valence-electron chi connectivity index (χ4n) is 6.05. The predicted molar refractivity (Wildman–Crippen MR) is 162 cm³/mol. The summed E-state index contributed by atoms with van der Waals surface area (Å²) in [6, 6.07) is 11.7. The highest BCUT2D eigenvalue weighted by Gasteiger charge is 2.33. The van der Waals surface area contributed by atoms with E-state index in [1.165, 1.54) is 6.08 Å². The molecule has 2 aliphatic heterocycles. The standard InChI is InChI=1S/C32H32ClN5O3/c1-6-25(39)36-13-14-37(20(5)16-36)31-23-15-24(33)26-22-10-8-7-9-21(22)17-41-30(26)29(23)38(32(40)35-31)28-19(4)11-12-34-27(28)18(2)3/h6-12,15,18,20H,1,13-14,16-17H2,2-5H3/t20-/m0/s1. The van der Waals surface area contributed by atoms with Crippen molar-refractivity contribution < 1.29 is 9.53 Å². The Kier molecular flexibility index (Phi) is 6.82. The number of ether oxygens (including phenoxy) is 1. The summed E-state index contributed by atoms with van der Waals surface area (Å²) in [6.45, 7) is 13.6. The van der Waals surface area contributed by atoms with E-state index in [-0.39, 0.29) is 17.9 Å². The molecule has 1 atom stereocenters. The number of benzene rings is 2. The lowest BCUT2D eigenvalue weighted by Crippen LogP contribution is -2.54. The van der Waals surface area contributed by atoms with E-state index in [1.807, 2.05) is 50.2 Å². The minimum absolute atomic E-state index is 0.0618. The van der Waals surface area contributed by atoms with Crippen molar-refractivity contribution in [2.45, 2.75) is 46.3 Å². The number of hydrogen-bond donors (Lipinski definition) is 0. The molecule has 2 aromatic carbocycles. The van der Waals surface area contributed by atoms with Crippen LogP contribution in [0.2, 0.25) is 5.02 Å². The highest BCUT2D eigenvalue weighted by molar-refractivity contribution is 6.35. The highest BCUT2D eigenvalue weighted by atomic mass is 35.5. The number of amides is 1. The first-order valence-corrected chi connectivity index (χ1v) is 14.2. The second kappa shape index (κ2) is 10.3. The Bertz CT molecular complexity index is 1780. The van der Waals surface area contributed by atoms with Gasteiger partial charge in [0.05, 0.1) is 16.4 Å². The number of pyridine rings is 1. The van der Waals surface area contributed by atoms with Crippen LogP contribution in [0.15, 0.2) is 60.0 Å². The Labute approximate surface area is 243 Å². The average molecular weight is 570 g/mol. The molecule has 0 saturated carbocycles. The van der Waals surface area contributed by atoms with Gasteiger partial charge in [0.25, 0.3) is 0 Å². The maximum atomic E-state index is 14.2. The van der Waals surface area contributed by atoms with E-state index in [0.717, 1.165) is 27.9 Å². The lowest BCUT2D eigenvalue weighted by molar-refractivity contribution is -0.126.